The number of aliphatic hydroxyl groups is 1. The van der Waals surface area contributed by atoms with Crippen LogP contribution < -0.4 is 10.6 Å². The molecule has 172 valence electrons. The van der Waals surface area contributed by atoms with Crippen LogP contribution in [0.3, 0.4) is 0 Å². The Bertz CT molecular complexity index is 1280. The van der Waals surface area contributed by atoms with Crippen LogP contribution in [0.25, 0.3) is 22.6 Å². The number of aromatic nitrogens is 5. The largest absolute Gasteiger partial charge is 0.391 e. The zero-order chi connectivity index (χ0) is 23.1. The summed E-state index contributed by atoms with van der Waals surface area (Å²) in [5.41, 5.74) is 9.27. The number of aliphatic hydroxyl groups excluding tert-OH is 1. The summed E-state index contributed by atoms with van der Waals surface area (Å²) >= 11 is 0. The molecule has 0 spiro atoms. The van der Waals surface area contributed by atoms with Gasteiger partial charge in [-0.3, -0.25) is 0 Å². The zero-order valence-corrected chi connectivity index (χ0v) is 18.6. The number of benzene rings is 1. The van der Waals surface area contributed by atoms with E-state index in [0.29, 0.717) is 18.3 Å². The Hall–Kier alpha value is -3.85. The molecule has 9 nitrogen and oxygen atoms in total. The van der Waals surface area contributed by atoms with Crippen molar-refractivity contribution in [2.45, 2.75) is 37.2 Å². The molecule has 2 fully saturated rings. The number of nitrogens with zero attached hydrogens (tertiary/aromatic N) is 6. The Balaban J connectivity index is 1.24. The van der Waals surface area contributed by atoms with Crippen LogP contribution in [0.1, 0.15) is 37.1 Å². The highest BCUT2D eigenvalue weighted by Gasteiger charge is 2.44. The van der Waals surface area contributed by atoms with E-state index < -0.39 is 0 Å². The van der Waals surface area contributed by atoms with E-state index in [2.05, 4.69) is 49.3 Å². The van der Waals surface area contributed by atoms with Crippen LogP contribution in [-0.2, 0) is 5.41 Å². The zero-order valence-electron chi connectivity index (χ0n) is 18.6. The van der Waals surface area contributed by atoms with Crippen molar-refractivity contribution < 1.29 is 9.63 Å². The van der Waals surface area contributed by atoms with Gasteiger partial charge >= 0.3 is 0 Å². The van der Waals surface area contributed by atoms with Gasteiger partial charge in [-0.1, -0.05) is 35.8 Å². The van der Waals surface area contributed by atoms with Crippen molar-refractivity contribution in [1.29, 1.82) is 0 Å². The SMILES string of the molecule is Nc1ncc(-c2ccc(C3(c4noc(-c5ccc(N6CCC(O)C6)nc5)n4)CCC3)cc2)cn1. The molecule has 1 saturated carbocycles. The molecule has 1 unspecified atom stereocenters. The Morgan fingerprint density at radius 1 is 0.941 bits per heavy atom. The fourth-order valence-corrected chi connectivity index (χ4v) is 4.83. The molecule has 0 radical (unpaired) electrons. The van der Waals surface area contributed by atoms with Crippen molar-refractivity contribution in [3.8, 4) is 22.6 Å². The predicted octanol–water partition coefficient (Wildman–Crippen LogP) is 3.21. The lowest BCUT2D eigenvalue weighted by molar-refractivity contribution is 0.198. The van der Waals surface area contributed by atoms with Crippen molar-refractivity contribution in [3.05, 3.63) is 66.4 Å². The van der Waals surface area contributed by atoms with Crippen LogP contribution in [0.4, 0.5) is 11.8 Å². The van der Waals surface area contributed by atoms with Gasteiger partial charge in [0.2, 0.25) is 5.95 Å². The van der Waals surface area contributed by atoms with Gasteiger partial charge in [0.15, 0.2) is 5.82 Å². The Morgan fingerprint density at radius 3 is 2.29 bits per heavy atom. The molecule has 4 aromatic rings. The van der Waals surface area contributed by atoms with E-state index >= 15 is 0 Å². The van der Waals surface area contributed by atoms with E-state index in [0.717, 1.165) is 54.7 Å². The minimum Gasteiger partial charge on any atom is -0.391 e. The molecule has 1 atom stereocenters. The maximum atomic E-state index is 9.77. The highest BCUT2D eigenvalue weighted by molar-refractivity contribution is 5.63. The standard InChI is InChI=1S/C25H25N7O2/c26-24-28-13-18(14-29-24)16-2-5-19(6-3-16)25(9-1-10-25)23-30-22(34-31-23)17-4-7-21(27-12-17)32-11-8-20(33)15-32/h2-7,12-14,20,33H,1,8-11,15H2,(H2,26,28,29). The summed E-state index contributed by atoms with van der Waals surface area (Å²) < 4.78 is 5.66. The fourth-order valence-electron chi connectivity index (χ4n) is 4.83. The number of hydrogen-bond acceptors (Lipinski definition) is 9. The van der Waals surface area contributed by atoms with Gasteiger partial charge in [0.05, 0.1) is 17.1 Å². The van der Waals surface area contributed by atoms with Crippen LogP contribution >= 0.6 is 0 Å². The second kappa shape index (κ2) is 8.18. The molecule has 3 N–H and O–H groups in total. The number of rotatable bonds is 5. The summed E-state index contributed by atoms with van der Waals surface area (Å²) in [5, 5.41) is 14.1. The van der Waals surface area contributed by atoms with E-state index in [1.807, 2.05) is 12.1 Å². The van der Waals surface area contributed by atoms with Crippen LogP contribution in [0.5, 0.6) is 0 Å². The summed E-state index contributed by atoms with van der Waals surface area (Å²) in [6.07, 6.45) is 8.78. The normalized spacial score (nSPS) is 19.2. The maximum Gasteiger partial charge on any atom is 0.259 e. The first-order valence-corrected chi connectivity index (χ1v) is 11.5. The van der Waals surface area contributed by atoms with Crippen molar-refractivity contribution in [2.75, 3.05) is 23.7 Å². The molecule has 2 aliphatic rings. The summed E-state index contributed by atoms with van der Waals surface area (Å²) in [4.78, 5) is 19.6. The van der Waals surface area contributed by atoms with Gasteiger partial charge in [0.25, 0.3) is 5.89 Å². The third kappa shape index (κ3) is 3.58. The minimum absolute atomic E-state index is 0.239. The molecule has 6 rings (SSSR count). The second-order valence-electron chi connectivity index (χ2n) is 9.06. The van der Waals surface area contributed by atoms with E-state index in [1.165, 1.54) is 5.56 Å². The molecular weight excluding hydrogens is 430 g/mol. The first-order valence-electron chi connectivity index (χ1n) is 11.5. The fraction of sp³-hybridized carbons (Fsp3) is 0.320. The van der Waals surface area contributed by atoms with Gasteiger partial charge in [-0.25, -0.2) is 15.0 Å². The Labute approximate surface area is 196 Å². The molecule has 3 aromatic heterocycles. The highest BCUT2D eigenvalue weighted by Crippen LogP contribution is 2.48. The molecule has 1 aromatic carbocycles. The van der Waals surface area contributed by atoms with E-state index in [1.54, 1.807) is 18.6 Å². The number of nitrogen functional groups attached to an aromatic ring is 1. The molecule has 34 heavy (non-hydrogen) atoms. The van der Waals surface area contributed by atoms with E-state index in [4.69, 9.17) is 15.2 Å². The van der Waals surface area contributed by atoms with E-state index in [-0.39, 0.29) is 17.5 Å². The smallest absolute Gasteiger partial charge is 0.259 e. The van der Waals surface area contributed by atoms with Crippen LogP contribution in [-0.4, -0.2) is 49.4 Å². The topological polar surface area (TPSA) is 127 Å². The molecule has 9 heteroatoms. The molecule has 0 bridgehead atoms. The maximum absolute atomic E-state index is 9.77. The van der Waals surface area contributed by atoms with Gasteiger partial charge in [-0.2, -0.15) is 4.98 Å². The summed E-state index contributed by atoms with van der Waals surface area (Å²) in [6, 6.07) is 12.3. The van der Waals surface area contributed by atoms with Crippen molar-refractivity contribution in [1.82, 2.24) is 25.1 Å². The van der Waals surface area contributed by atoms with Gasteiger partial charge < -0.3 is 20.3 Å². The summed E-state index contributed by atoms with van der Waals surface area (Å²) in [6.45, 7) is 1.43. The third-order valence-electron chi connectivity index (χ3n) is 6.99. The number of anilines is 2. The van der Waals surface area contributed by atoms with Gasteiger partial charge in [0, 0.05) is 37.2 Å². The first-order chi connectivity index (χ1) is 16.6. The van der Waals surface area contributed by atoms with Crippen LogP contribution in [0, 0.1) is 0 Å². The quantitative estimate of drug-likeness (QED) is 0.466. The molecular formula is C25H25N7O2. The lowest BCUT2D eigenvalue weighted by atomic mass is 9.64. The number of nitrogens with two attached hydrogens (primary N) is 1. The lowest BCUT2D eigenvalue weighted by Crippen LogP contribution is -2.36. The average Bonchev–Trinajstić information content (AvgIpc) is 3.50. The van der Waals surface area contributed by atoms with Crippen molar-refractivity contribution in [3.63, 3.8) is 0 Å². The third-order valence-corrected chi connectivity index (χ3v) is 6.99. The van der Waals surface area contributed by atoms with Crippen molar-refractivity contribution >= 4 is 11.8 Å². The molecule has 1 aliphatic carbocycles. The molecule has 1 saturated heterocycles. The predicted molar refractivity (Wildman–Crippen MR) is 127 cm³/mol. The van der Waals surface area contributed by atoms with Crippen LogP contribution in [0.2, 0.25) is 0 Å². The monoisotopic (exact) mass is 455 g/mol. The number of pyridine rings is 1. The average molecular weight is 456 g/mol. The molecule has 4 heterocycles. The summed E-state index contributed by atoms with van der Waals surface area (Å²) in [7, 11) is 0. The molecule has 1 aliphatic heterocycles. The highest BCUT2D eigenvalue weighted by atomic mass is 16.5. The molecule has 0 amide bonds. The first kappa shape index (κ1) is 20.7. The second-order valence-corrected chi connectivity index (χ2v) is 9.06. The minimum atomic E-state index is -0.285. The van der Waals surface area contributed by atoms with Gasteiger partial charge in [0.1, 0.15) is 5.82 Å². The van der Waals surface area contributed by atoms with Gasteiger partial charge in [-0.05, 0) is 42.5 Å². The summed E-state index contributed by atoms with van der Waals surface area (Å²) in [5.74, 6) is 2.30. The lowest BCUT2D eigenvalue weighted by Gasteiger charge is -2.39. The Kier molecular flexibility index (Phi) is 4.99. The Morgan fingerprint density at radius 2 is 1.68 bits per heavy atom. The van der Waals surface area contributed by atoms with E-state index in [9.17, 15) is 5.11 Å². The van der Waals surface area contributed by atoms with Gasteiger partial charge in [-0.15, -0.1) is 0 Å². The van der Waals surface area contributed by atoms with Crippen LogP contribution in [0.15, 0.2) is 59.5 Å². The number of hydrogen-bond donors (Lipinski definition) is 2. The number of β-amino-alcohol motifs (C(OH)–C–C–N with tert-alkyl or cyclic N) is 1. The van der Waals surface area contributed by atoms with Crippen molar-refractivity contribution in [2.24, 2.45) is 0 Å².